The van der Waals surface area contributed by atoms with Crippen LogP contribution in [-0.4, -0.2) is 65.8 Å². The van der Waals surface area contributed by atoms with Gasteiger partial charge in [0.15, 0.2) is 0 Å². The highest BCUT2D eigenvalue weighted by molar-refractivity contribution is 5.77. The molecule has 0 radical (unpaired) electrons. The Bertz CT molecular complexity index is 359. The zero-order valence-corrected chi connectivity index (χ0v) is 12.2. The van der Waals surface area contributed by atoms with Crippen molar-refractivity contribution in [2.45, 2.75) is 26.3 Å². The molecule has 20 heavy (non-hydrogen) atoms. The van der Waals surface area contributed by atoms with Crippen molar-refractivity contribution in [2.75, 3.05) is 32.8 Å². The number of hydrogen-bond acceptors (Lipinski definition) is 3. The van der Waals surface area contributed by atoms with Crippen LogP contribution in [0, 0.1) is 5.92 Å². The van der Waals surface area contributed by atoms with Crippen LogP contribution in [0.5, 0.6) is 0 Å². The second-order valence-corrected chi connectivity index (χ2v) is 4.85. The maximum absolute atomic E-state index is 12.6. The highest BCUT2D eigenvalue weighted by atomic mass is 16.5. The molecule has 1 N–H and O–H groups in total. The molecule has 2 amide bonds. The molecule has 2 atom stereocenters. The molecule has 1 heterocycles. The van der Waals surface area contributed by atoms with Crippen LogP contribution in [0.15, 0.2) is 12.7 Å². The van der Waals surface area contributed by atoms with E-state index in [2.05, 4.69) is 6.58 Å². The Labute approximate surface area is 120 Å². The fourth-order valence-electron chi connectivity index (χ4n) is 2.47. The minimum Gasteiger partial charge on any atom is -0.481 e. The first kappa shape index (κ1) is 16.5. The number of hydrogen-bond donors (Lipinski definition) is 1. The third-order valence-electron chi connectivity index (χ3n) is 3.47. The third-order valence-corrected chi connectivity index (χ3v) is 3.47. The Hall–Kier alpha value is -1.56. The second-order valence-electron chi connectivity index (χ2n) is 4.85. The molecule has 1 rings (SSSR count). The molecule has 1 fully saturated rings. The molecule has 0 aromatic carbocycles. The fraction of sp³-hybridized carbons (Fsp3) is 0.714. The van der Waals surface area contributed by atoms with E-state index in [-0.39, 0.29) is 19.2 Å². The van der Waals surface area contributed by atoms with Crippen LogP contribution in [0.4, 0.5) is 4.79 Å². The largest absolute Gasteiger partial charge is 0.481 e. The zero-order valence-electron chi connectivity index (χ0n) is 12.2. The lowest BCUT2D eigenvalue weighted by atomic mass is 10.0. The van der Waals surface area contributed by atoms with Crippen LogP contribution in [0.3, 0.4) is 0 Å². The van der Waals surface area contributed by atoms with Gasteiger partial charge in [-0.25, -0.2) is 4.79 Å². The lowest BCUT2D eigenvalue weighted by Gasteiger charge is -2.34. The Balaban J connectivity index is 2.84. The van der Waals surface area contributed by atoms with Gasteiger partial charge in [-0.2, -0.15) is 0 Å². The minimum atomic E-state index is -0.912. The van der Waals surface area contributed by atoms with Gasteiger partial charge >= 0.3 is 12.0 Å². The molecule has 114 valence electrons. The third kappa shape index (κ3) is 3.72. The van der Waals surface area contributed by atoms with E-state index >= 15 is 0 Å². The summed E-state index contributed by atoms with van der Waals surface area (Å²) in [5.41, 5.74) is 0. The van der Waals surface area contributed by atoms with Crippen LogP contribution in [-0.2, 0) is 9.53 Å². The number of carbonyl (C=O) groups excluding carboxylic acids is 1. The summed E-state index contributed by atoms with van der Waals surface area (Å²) in [6.45, 7) is 9.53. The van der Waals surface area contributed by atoms with Crippen LogP contribution in [0.2, 0.25) is 0 Å². The van der Waals surface area contributed by atoms with Gasteiger partial charge in [-0.15, -0.1) is 6.58 Å². The van der Waals surface area contributed by atoms with Crippen molar-refractivity contribution >= 4 is 12.0 Å². The van der Waals surface area contributed by atoms with Gasteiger partial charge in [0.2, 0.25) is 0 Å². The number of aliphatic carboxylic acids is 1. The SMILES string of the molecule is C=CCN(CCC)C(=O)N(CC)C1COCC1C(=O)O. The van der Waals surface area contributed by atoms with Crippen molar-refractivity contribution in [1.82, 2.24) is 9.80 Å². The predicted molar refractivity (Wildman–Crippen MR) is 75.6 cm³/mol. The molecule has 0 spiro atoms. The first-order chi connectivity index (χ1) is 9.56. The van der Waals surface area contributed by atoms with Crippen molar-refractivity contribution in [3.63, 3.8) is 0 Å². The molecule has 0 bridgehead atoms. The Kier molecular flexibility index (Phi) is 6.51. The van der Waals surface area contributed by atoms with Gasteiger partial charge in [0.1, 0.15) is 5.92 Å². The van der Waals surface area contributed by atoms with Gasteiger partial charge in [0.05, 0.1) is 19.3 Å². The lowest BCUT2D eigenvalue weighted by Crippen LogP contribution is -2.52. The fourth-order valence-corrected chi connectivity index (χ4v) is 2.47. The Morgan fingerprint density at radius 3 is 2.60 bits per heavy atom. The standard InChI is InChI=1S/C14H24N2O4/c1-4-7-15(8-5-2)14(19)16(6-3)12-10-20-9-11(12)13(17)18/h4,11-12H,1,5-10H2,2-3H3,(H,17,18). The van der Waals surface area contributed by atoms with E-state index < -0.39 is 17.9 Å². The number of nitrogens with zero attached hydrogens (tertiary/aromatic N) is 2. The first-order valence-electron chi connectivity index (χ1n) is 7.03. The van der Waals surface area contributed by atoms with Gasteiger partial charge in [0.25, 0.3) is 0 Å². The molecule has 6 heteroatoms. The number of urea groups is 1. The van der Waals surface area contributed by atoms with Crippen LogP contribution < -0.4 is 0 Å². The molecule has 0 aromatic heterocycles. The molecule has 0 aliphatic carbocycles. The van der Waals surface area contributed by atoms with Gasteiger partial charge in [-0.3, -0.25) is 4.79 Å². The number of carbonyl (C=O) groups is 2. The van der Waals surface area contributed by atoms with E-state index in [1.165, 1.54) is 0 Å². The van der Waals surface area contributed by atoms with Crippen LogP contribution >= 0.6 is 0 Å². The molecule has 0 saturated carbocycles. The highest BCUT2D eigenvalue weighted by Gasteiger charge is 2.40. The lowest BCUT2D eigenvalue weighted by molar-refractivity contribution is -0.142. The summed E-state index contributed by atoms with van der Waals surface area (Å²) in [7, 11) is 0. The molecular weight excluding hydrogens is 260 g/mol. The van der Waals surface area contributed by atoms with Crippen LogP contribution in [0.25, 0.3) is 0 Å². The number of rotatable bonds is 7. The molecule has 0 aromatic rings. The van der Waals surface area contributed by atoms with Crippen LogP contribution in [0.1, 0.15) is 20.3 Å². The molecule has 1 aliphatic rings. The number of amides is 2. The van der Waals surface area contributed by atoms with E-state index in [0.29, 0.717) is 19.6 Å². The minimum absolute atomic E-state index is 0.143. The van der Waals surface area contributed by atoms with Crippen molar-refractivity contribution in [1.29, 1.82) is 0 Å². The average molecular weight is 284 g/mol. The summed E-state index contributed by atoms with van der Waals surface area (Å²) in [4.78, 5) is 27.1. The highest BCUT2D eigenvalue weighted by Crippen LogP contribution is 2.21. The predicted octanol–water partition coefficient (Wildman–Crippen LogP) is 1.43. The van der Waals surface area contributed by atoms with E-state index in [9.17, 15) is 14.7 Å². The number of likely N-dealkylation sites (N-methyl/N-ethyl adjacent to an activating group) is 1. The maximum Gasteiger partial charge on any atom is 0.320 e. The van der Waals surface area contributed by atoms with E-state index in [4.69, 9.17) is 4.74 Å². The summed E-state index contributed by atoms with van der Waals surface area (Å²) in [5, 5.41) is 9.21. The molecular formula is C14H24N2O4. The summed E-state index contributed by atoms with van der Waals surface area (Å²) in [6.07, 6.45) is 2.53. The number of carboxylic acids is 1. The molecule has 6 nitrogen and oxygen atoms in total. The van der Waals surface area contributed by atoms with E-state index in [1.807, 2.05) is 13.8 Å². The van der Waals surface area contributed by atoms with E-state index in [0.717, 1.165) is 6.42 Å². The van der Waals surface area contributed by atoms with Gasteiger partial charge in [0, 0.05) is 19.6 Å². The maximum atomic E-state index is 12.6. The molecule has 1 aliphatic heterocycles. The monoisotopic (exact) mass is 284 g/mol. The normalized spacial score (nSPS) is 21.5. The van der Waals surface area contributed by atoms with Crippen molar-refractivity contribution in [3.05, 3.63) is 12.7 Å². The number of carboxylic acid groups (broad SMARTS) is 1. The second kappa shape index (κ2) is 7.89. The topological polar surface area (TPSA) is 70.1 Å². The number of ether oxygens (including phenoxy) is 1. The van der Waals surface area contributed by atoms with Gasteiger partial charge < -0.3 is 19.6 Å². The Morgan fingerprint density at radius 2 is 2.10 bits per heavy atom. The van der Waals surface area contributed by atoms with E-state index in [1.54, 1.807) is 15.9 Å². The quantitative estimate of drug-likeness (QED) is 0.718. The molecule has 2 unspecified atom stereocenters. The van der Waals surface area contributed by atoms with Gasteiger partial charge in [-0.1, -0.05) is 13.0 Å². The van der Waals surface area contributed by atoms with Crippen molar-refractivity contribution in [2.24, 2.45) is 5.92 Å². The smallest absolute Gasteiger partial charge is 0.320 e. The zero-order chi connectivity index (χ0) is 15.1. The summed E-state index contributed by atoms with van der Waals surface area (Å²) in [5.74, 6) is -1.56. The van der Waals surface area contributed by atoms with Crippen molar-refractivity contribution < 1.29 is 19.4 Å². The average Bonchev–Trinajstić information content (AvgIpc) is 2.88. The summed E-state index contributed by atoms with van der Waals surface area (Å²) >= 11 is 0. The Morgan fingerprint density at radius 1 is 1.40 bits per heavy atom. The summed E-state index contributed by atoms with van der Waals surface area (Å²) in [6, 6.07) is -0.537. The first-order valence-corrected chi connectivity index (χ1v) is 7.03. The molecule has 1 saturated heterocycles. The van der Waals surface area contributed by atoms with Crippen molar-refractivity contribution in [3.8, 4) is 0 Å². The van der Waals surface area contributed by atoms with Gasteiger partial charge in [-0.05, 0) is 13.3 Å². The summed E-state index contributed by atoms with van der Waals surface area (Å²) < 4.78 is 5.25.